The topological polar surface area (TPSA) is 65.2 Å². The van der Waals surface area contributed by atoms with Gasteiger partial charge in [0, 0.05) is 12.8 Å². The number of nitrogens with zero attached hydrogens (tertiary/aromatic N) is 1. The quantitative estimate of drug-likeness (QED) is 0.815. The largest absolute Gasteiger partial charge is 0.396 e. The Kier molecular flexibility index (Phi) is 3.33. The van der Waals surface area contributed by atoms with E-state index >= 15 is 0 Å². The maximum atomic E-state index is 12.1. The van der Waals surface area contributed by atoms with E-state index < -0.39 is 10.8 Å². The molecule has 0 radical (unpaired) electrons. The molecule has 2 unspecified atom stereocenters. The molecule has 5 heteroatoms. The molecule has 0 aromatic carbocycles. The second kappa shape index (κ2) is 4.72. The highest BCUT2D eigenvalue weighted by Gasteiger charge is 2.22. The fourth-order valence-corrected chi connectivity index (χ4v) is 3.08. The van der Waals surface area contributed by atoms with Gasteiger partial charge >= 0.3 is 0 Å². The van der Waals surface area contributed by atoms with Crippen molar-refractivity contribution in [3.63, 3.8) is 0 Å². The van der Waals surface area contributed by atoms with Gasteiger partial charge in [-0.3, -0.25) is 9.19 Å². The van der Waals surface area contributed by atoms with Gasteiger partial charge in [-0.05, 0) is 18.9 Å². The molecule has 0 bridgehead atoms. The number of pyridine rings is 1. The zero-order valence-corrected chi connectivity index (χ0v) is 9.20. The van der Waals surface area contributed by atoms with E-state index in [1.165, 1.54) is 6.20 Å². The second-order valence-corrected chi connectivity index (χ2v) is 5.25. The number of hydrogen-bond donors (Lipinski definition) is 1. The SMILES string of the molecule is Nc1cnccc1S(=O)C1CCCOC1. The van der Waals surface area contributed by atoms with Crippen LogP contribution in [-0.2, 0) is 15.5 Å². The van der Waals surface area contributed by atoms with Crippen LogP contribution in [0, 0.1) is 0 Å². The van der Waals surface area contributed by atoms with E-state index in [0.717, 1.165) is 19.4 Å². The van der Waals surface area contributed by atoms with Gasteiger partial charge in [0.2, 0.25) is 0 Å². The minimum Gasteiger partial charge on any atom is -0.396 e. The number of nitrogens with two attached hydrogens (primary N) is 1. The van der Waals surface area contributed by atoms with Gasteiger partial charge in [-0.2, -0.15) is 0 Å². The van der Waals surface area contributed by atoms with Crippen LogP contribution in [-0.4, -0.2) is 27.7 Å². The van der Waals surface area contributed by atoms with E-state index in [1.807, 2.05) is 0 Å². The number of anilines is 1. The maximum Gasteiger partial charge on any atom is 0.0664 e. The second-order valence-electron chi connectivity index (χ2n) is 3.55. The van der Waals surface area contributed by atoms with Crippen molar-refractivity contribution >= 4 is 16.5 Å². The Morgan fingerprint density at radius 3 is 3.13 bits per heavy atom. The maximum absolute atomic E-state index is 12.1. The van der Waals surface area contributed by atoms with Crippen molar-refractivity contribution in [2.45, 2.75) is 23.0 Å². The van der Waals surface area contributed by atoms with E-state index in [4.69, 9.17) is 10.5 Å². The van der Waals surface area contributed by atoms with Crippen molar-refractivity contribution in [1.29, 1.82) is 0 Å². The van der Waals surface area contributed by atoms with Crippen LogP contribution in [0.15, 0.2) is 23.4 Å². The minimum atomic E-state index is -1.07. The first-order valence-corrected chi connectivity index (χ1v) is 6.18. The Balaban J connectivity index is 2.16. The fourth-order valence-electron chi connectivity index (χ4n) is 1.64. The average Bonchev–Trinajstić information content (AvgIpc) is 2.30. The van der Waals surface area contributed by atoms with Crippen LogP contribution in [0.2, 0.25) is 0 Å². The summed E-state index contributed by atoms with van der Waals surface area (Å²) >= 11 is 0. The molecule has 1 aliphatic heterocycles. The fraction of sp³-hybridized carbons (Fsp3) is 0.500. The summed E-state index contributed by atoms with van der Waals surface area (Å²) in [6, 6.07) is 1.72. The van der Waals surface area contributed by atoms with Gasteiger partial charge in [-0.25, -0.2) is 0 Å². The molecule has 2 rings (SSSR count). The van der Waals surface area contributed by atoms with E-state index in [9.17, 15) is 4.21 Å². The summed E-state index contributed by atoms with van der Waals surface area (Å²) in [5, 5.41) is 0.0726. The lowest BCUT2D eigenvalue weighted by atomic mass is 10.2. The van der Waals surface area contributed by atoms with Crippen molar-refractivity contribution in [1.82, 2.24) is 4.98 Å². The zero-order valence-electron chi connectivity index (χ0n) is 8.39. The molecule has 1 aromatic rings. The first-order valence-electron chi connectivity index (χ1n) is 4.97. The molecule has 1 saturated heterocycles. The summed E-state index contributed by atoms with van der Waals surface area (Å²) in [6.45, 7) is 1.34. The Hall–Kier alpha value is -0.940. The van der Waals surface area contributed by atoms with Crippen LogP contribution in [0.4, 0.5) is 5.69 Å². The third kappa shape index (κ3) is 2.35. The third-order valence-corrected chi connectivity index (χ3v) is 4.23. The highest BCUT2D eigenvalue weighted by Crippen LogP contribution is 2.22. The monoisotopic (exact) mass is 226 g/mol. The van der Waals surface area contributed by atoms with Gasteiger partial charge in [-0.15, -0.1) is 0 Å². The molecule has 0 amide bonds. The molecule has 0 aliphatic carbocycles. The number of aromatic nitrogens is 1. The molecule has 15 heavy (non-hydrogen) atoms. The van der Waals surface area contributed by atoms with Gasteiger partial charge in [0.25, 0.3) is 0 Å². The molecule has 1 fully saturated rings. The van der Waals surface area contributed by atoms with Crippen LogP contribution < -0.4 is 5.73 Å². The first kappa shape index (κ1) is 10.6. The average molecular weight is 226 g/mol. The van der Waals surface area contributed by atoms with Crippen LogP contribution in [0.5, 0.6) is 0 Å². The van der Waals surface area contributed by atoms with Gasteiger partial charge in [0.05, 0.1) is 39.4 Å². The number of hydrogen-bond acceptors (Lipinski definition) is 4. The molecule has 0 spiro atoms. The van der Waals surface area contributed by atoms with Gasteiger partial charge < -0.3 is 10.5 Å². The Labute approximate surface area is 91.3 Å². The van der Waals surface area contributed by atoms with E-state index in [0.29, 0.717) is 17.2 Å². The molecule has 1 aliphatic rings. The highest BCUT2D eigenvalue weighted by atomic mass is 32.2. The number of ether oxygens (including phenoxy) is 1. The molecule has 1 aromatic heterocycles. The summed E-state index contributed by atoms with van der Waals surface area (Å²) in [6.07, 6.45) is 5.07. The Bertz CT molecular complexity index is 364. The van der Waals surface area contributed by atoms with Crippen LogP contribution >= 0.6 is 0 Å². The lowest BCUT2D eigenvalue weighted by molar-refractivity contribution is 0.100. The molecular weight excluding hydrogens is 212 g/mol. The van der Waals surface area contributed by atoms with Crippen molar-refractivity contribution in [3.8, 4) is 0 Å². The number of rotatable bonds is 2. The van der Waals surface area contributed by atoms with Crippen LogP contribution in [0.1, 0.15) is 12.8 Å². The van der Waals surface area contributed by atoms with Gasteiger partial charge in [0.15, 0.2) is 0 Å². The van der Waals surface area contributed by atoms with E-state index in [1.54, 1.807) is 12.3 Å². The number of nitrogen functional groups attached to an aromatic ring is 1. The van der Waals surface area contributed by atoms with Crippen LogP contribution in [0.3, 0.4) is 0 Å². The molecular formula is C10H14N2O2S. The highest BCUT2D eigenvalue weighted by molar-refractivity contribution is 7.85. The van der Waals surface area contributed by atoms with Gasteiger partial charge in [0.1, 0.15) is 0 Å². The van der Waals surface area contributed by atoms with Crippen LogP contribution in [0.25, 0.3) is 0 Å². The lowest BCUT2D eigenvalue weighted by Gasteiger charge is -2.21. The summed E-state index contributed by atoms with van der Waals surface area (Å²) < 4.78 is 17.5. The Morgan fingerprint density at radius 2 is 2.47 bits per heavy atom. The molecule has 82 valence electrons. The minimum absolute atomic E-state index is 0.0726. The van der Waals surface area contributed by atoms with Crippen molar-refractivity contribution < 1.29 is 8.95 Å². The van der Waals surface area contributed by atoms with E-state index in [2.05, 4.69) is 4.98 Å². The summed E-state index contributed by atoms with van der Waals surface area (Å²) in [4.78, 5) is 4.56. The standard InChI is InChI=1S/C10H14N2O2S/c11-9-6-12-4-3-10(9)15(13)8-2-1-5-14-7-8/h3-4,6,8H,1-2,5,7,11H2. The third-order valence-electron chi connectivity index (χ3n) is 2.45. The van der Waals surface area contributed by atoms with Gasteiger partial charge in [-0.1, -0.05) is 0 Å². The molecule has 2 N–H and O–H groups in total. The summed E-state index contributed by atoms with van der Waals surface area (Å²) in [5.41, 5.74) is 6.23. The zero-order chi connectivity index (χ0) is 10.7. The summed E-state index contributed by atoms with van der Waals surface area (Å²) in [7, 11) is -1.07. The first-order chi connectivity index (χ1) is 7.29. The molecule has 4 nitrogen and oxygen atoms in total. The normalized spacial score (nSPS) is 23.6. The predicted octanol–water partition coefficient (Wildman–Crippen LogP) is 0.950. The van der Waals surface area contributed by atoms with E-state index in [-0.39, 0.29) is 5.25 Å². The lowest BCUT2D eigenvalue weighted by Crippen LogP contribution is -2.27. The predicted molar refractivity (Wildman–Crippen MR) is 58.9 cm³/mol. The van der Waals surface area contributed by atoms with Crippen molar-refractivity contribution in [2.75, 3.05) is 18.9 Å². The summed E-state index contributed by atoms with van der Waals surface area (Å²) in [5.74, 6) is 0. The smallest absolute Gasteiger partial charge is 0.0664 e. The van der Waals surface area contributed by atoms with Crippen molar-refractivity contribution in [3.05, 3.63) is 18.5 Å². The van der Waals surface area contributed by atoms with Crippen molar-refractivity contribution in [2.24, 2.45) is 0 Å². The molecule has 2 heterocycles. The molecule has 2 atom stereocenters. The molecule has 0 saturated carbocycles. The Morgan fingerprint density at radius 1 is 1.60 bits per heavy atom.